The first kappa shape index (κ1) is 18.7. The van der Waals surface area contributed by atoms with E-state index in [9.17, 15) is 19.5 Å². The number of aromatic nitrogens is 4. The van der Waals surface area contributed by atoms with Gasteiger partial charge in [-0.3, -0.25) is 18.7 Å². The summed E-state index contributed by atoms with van der Waals surface area (Å²) < 4.78 is 2.85. The minimum atomic E-state index is -0.730. The van der Waals surface area contributed by atoms with E-state index in [1.807, 2.05) is 19.9 Å². The van der Waals surface area contributed by atoms with Gasteiger partial charge in [-0.15, -0.1) is 0 Å². The predicted molar refractivity (Wildman–Crippen MR) is 105 cm³/mol. The van der Waals surface area contributed by atoms with Crippen molar-refractivity contribution in [3.05, 3.63) is 32.7 Å². The second-order valence-electron chi connectivity index (χ2n) is 7.94. The van der Waals surface area contributed by atoms with Crippen molar-refractivity contribution in [2.45, 2.75) is 59.0 Å². The predicted octanol–water partition coefficient (Wildman–Crippen LogP) is 2.22. The molecule has 2 aliphatic rings. The van der Waals surface area contributed by atoms with Gasteiger partial charge in [-0.2, -0.15) is 0 Å². The van der Waals surface area contributed by atoms with E-state index in [4.69, 9.17) is 0 Å². The summed E-state index contributed by atoms with van der Waals surface area (Å²) in [4.78, 5) is 45.0. The zero-order valence-electron chi connectivity index (χ0n) is 16.3. The highest BCUT2D eigenvalue weighted by Gasteiger charge is 2.43. The highest BCUT2D eigenvalue weighted by molar-refractivity contribution is 5.78. The lowest BCUT2D eigenvalue weighted by atomic mass is 9.79. The van der Waals surface area contributed by atoms with Gasteiger partial charge in [-0.05, 0) is 49.5 Å². The molecule has 2 N–H and O–H groups in total. The third-order valence-corrected chi connectivity index (χ3v) is 6.08. The van der Waals surface area contributed by atoms with Crippen LogP contribution < -0.4 is 11.2 Å². The number of allylic oxidation sites excluding steroid dienone is 2. The van der Waals surface area contributed by atoms with E-state index < -0.39 is 5.97 Å². The molecule has 2 aliphatic carbocycles. The second kappa shape index (κ2) is 7.07. The summed E-state index contributed by atoms with van der Waals surface area (Å²) in [7, 11) is 0. The Labute approximate surface area is 161 Å². The van der Waals surface area contributed by atoms with Crippen LogP contribution in [0.25, 0.3) is 16.7 Å². The van der Waals surface area contributed by atoms with Crippen molar-refractivity contribution < 1.29 is 9.90 Å². The van der Waals surface area contributed by atoms with Crippen LogP contribution >= 0.6 is 0 Å². The molecule has 2 bridgehead atoms. The van der Waals surface area contributed by atoms with Crippen molar-refractivity contribution >= 4 is 22.7 Å². The first-order valence-corrected chi connectivity index (χ1v) is 10.1. The Morgan fingerprint density at radius 2 is 1.93 bits per heavy atom. The van der Waals surface area contributed by atoms with Crippen LogP contribution in [-0.2, 0) is 17.9 Å². The summed E-state index contributed by atoms with van der Waals surface area (Å²) in [5.74, 6) is -0.356. The maximum atomic E-state index is 12.9. The Morgan fingerprint density at radius 3 is 2.57 bits per heavy atom. The number of aliphatic carboxylic acids is 1. The number of aryl methyl sites for hydroxylation is 1. The Balaban J connectivity index is 1.85. The lowest BCUT2D eigenvalue weighted by molar-refractivity contribution is -0.144. The van der Waals surface area contributed by atoms with Crippen LogP contribution in [0.15, 0.2) is 15.7 Å². The number of rotatable bonds is 6. The van der Waals surface area contributed by atoms with Gasteiger partial charge < -0.3 is 10.1 Å². The Hall–Kier alpha value is -2.64. The molecule has 1 saturated carbocycles. The van der Waals surface area contributed by atoms with Gasteiger partial charge in [0, 0.05) is 13.1 Å². The molecule has 2 heterocycles. The number of imidazole rings is 1. The molecule has 0 radical (unpaired) electrons. The van der Waals surface area contributed by atoms with Crippen LogP contribution in [0.5, 0.6) is 0 Å². The minimum absolute atomic E-state index is 0.00838. The summed E-state index contributed by atoms with van der Waals surface area (Å²) in [6.45, 7) is 4.78. The zero-order chi connectivity index (χ0) is 20.0. The molecule has 4 rings (SSSR count). The number of nitrogens with zero attached hydrogens (tertiary/aromatic N) is 3. The third kappa shape index (κ3) is 2.82. The van der Waals surface area contributed by atoms with E-state index in [0.717, 1.165) is 24.8 Å². The van der Waals surface area contributed by atoms with E-state index in [-0.39, 0.29) is 29.0 Å². The minimum Gasteiger partial charge on any atom is -0.481 e. The number of carboxylic acids is 1. The molecule has 2 aromatic heterocycles. The SMILES string of the molecule is CCCn1c(=O)c2[nH]c(C3=CC4CCC(C3)C4C(=O)O)nc2n(CCC)c1=O. The Kier molecular flexibility index (Phi) is 4.72. The summed E-state index contributed by atoms with van der Waals surface area (Å²) >= 11 is 0. The van der Waals surface area contributed by atoms with E-state index in [1.54, 1.807) is 4.57 Å². The van der Waals surface area contributed by atoms with Gasteiger partial charge in [-0.1, -0.05) is 19.9 Å². The highest BCUT2D eigenvalue weighted by Crippen LogP contribution is 2.47. The van der Waals surface area contributed by atoms with Gasteiger partial charge in [0.05, 0.1) is 5.92 Å². The van der Waals surface area contributed by atoms with Crippen molar-refractivity contribution in [2.75, 3.05) is 0 Å². The molecular weight excluding hydrogens is 360 g/mol. The van der Waals surface area contributed by atoms with Crippen molar-refractivity contribution in [1.82, 2.24) is 19.1 Å². The van der Waals surface area contributed by atoms with Gasteiger partial charge in [0.2, 0.25) is 0 Å². The maximum Gasteiger partial charge on any atom is 0.332 e. The summed E-state index contributed by atoms with van der Waals surface area (Å²) in [6.07, 6.45) is 5.86. The third-order valence-electron chi connectivity index (χ3n) is 6.08. The van der Waals surface area contributed by atoms with Gasteiger partial charge in [0.1, 0.15) is 11.3 Å². The number of fused-ring (bicyclic) bond motifs is 3. The quantitative estimate of drug-likeness (QED) is 0.791. The van der Waals surface area contributed by atoms with Gasteiger partial charge in [0.15, 0.2) is 5.65 Å². The van der Waals surface area contributed by atoms with E-state index >= 15 is 0 Å². The summed E-state index contributed by atoms with van der Waals surface area (Å²) in [6, 6.07) is 0. The first-order chi connectivity index (χ1) is 13.5. The smallest absolute Gasteiger partial charge is 0.332 e. The van der Waals surface area contributed by atoms with E-state index in [0.29, 0.717) is 42.9 Å². The fourth-order valence-corrected chi connectivity index (χ4v) is 4.87. The number of carboxylic acid groups (broad SMARTS) is 1. The zero-order valence-corrected chi connectivity index (χ0v) is 16.3. The maximum absolute atomic E-state index is 12.9. The molecule has 3 unspecified atom stereocenters. The Bertz CT molecular complexity index is 1070. The molecule has 0 saturated heterocycles. The van der Waals surface area contributed by atoms with Gasteiger partial charge >= 0.3 is 11.7 Å². The van der Waals surface area contributed by atoms with Crippen LogP contribution in [0.4, 0.5) is 0 Å². The largest absolute Gasteiger partial charge is 0.481 e. The molecule has 8 nitrogen and oxygen atoms in total. The number of H-pyrrole nitrogens is 1. The summed E-state index contributed by atoms with van der Waals surface area (Å²) in [5.41, 5.74) is 1.05. The number of hydrogen-bond donors (Lipinski definition) is 2. The van der Waals surface area contributed by atoms with Gasteiger partial charge in [-0.25, -0.2) is 9.78 Å². The number of hydrogen-bond acceptors (Lipinski definition) is 4. The first-order valence-electron chi connectivity index (χ1n) is 10.1. The van der Waals surface area contributed by atoms with Crippen molar-refractivity contribution in [3.8, 4) is 0 Å². The summed E-state index contributed by atoms with van der Waals surface area (Å²) in [5, 5.41) is 9.50. The molecule has 2 aromatic rings. The highest BCUT2D eigenvalue weighted by atomic mass is 16.4. The van der Waals surface area contributed by atoms with Crippen LogP contribution in [0.1, 0.15) is 51.8 Å². The van der Waals surface area contributed by atoms with Crippen LogP contribution in [-0.4, -0.2) is 30.2 Å². The normalized spacial score (nSPS) is 23.9. The molecule has 0 aliphatic heterocycles. The van der Waals surface area contributed by atoms with Crippen LogP contribution in [0, 0.1) is 17.8 Å². The number of aromatic amines is 1. The fraction of sp³-hybridized carbons (Fsp3) is 0.600. The van der Waals surface area contributed by atoms with Crippen molar-refractivity contribution in [2.24, 2.45) is 17.8 Å². The van der Waals surface area contributed by atoms with Crippen LogP contribution in [0.3, 0.4) is 0 Å². The van der Waals surface area contributed by atoms with E-state index in [2.05, 4.69) is 9.97 Å². The molecule has 0 aromatic carbocycles. The molecule has 150 valence electrons. The monoisotopic (exact) mass is 386 g/mol. The fourth-order valence-electron chi connectivity index (χ4n) is 4.87. The molecule has 8 heteroatoms. The second-order valence-corrected chi connectivity index (χ2v) is 7.94. The molecule has 0 spiro atoms. The van der Waals surface area contributed by atoms with E-state index in [1.165, 1.54) is 4.57 Å². The molecule has 28 heavy (non-hydrogen) atoms. The lowest BCUT2D eigenvalue weighted by Gasteiger charge is -2.25. The standard InChI is InChI=1S/C20H26N4O4/c1-3-7-23-17-15(18(25)24(8-4-2)20(23)28)21-16(22-17)13-9-11-5-6-12(10-13)14(11)19(26)27/h9,11-12,14H,3-8,10H2,1-2H3,(H,21,22)(H,26,27). The van der Waals surface area contributed by atoms with Gasteiger partial charge in [0.25, 0.3) is 5.56 Å². The topological polar surface area (TPSA) is 110 Å². The molecule has 3 atom stereocenters. The number of carbonyl (C=O) groups is 1. The lowest BCUT2D eigenvalue weighted by Crippen LogP contribution is -2.40. The average Bonchev–Trinajstić information content (AvgIpc) is 3.22. The molecule has 1 fully saturated rings. The molecule has 0 amide bonds. The van der Waals surface area contributed by atoms with Crippen molar-refractivity contribution in [3.63, 3.8) is 0 Å². The number of nitrogens with one attached hydrogen (secondary N) is 1. The molecular formula is C20H26N4O4. The van der Waals surface area contributed by atoms with Crippen molar-refractivity contribution in [1.29, 1.82) is 0 Å². The van der Waals surface area contributed by atoms with Crippen LogP contribution in [0.2, 0.25) is 0 Å². The average molecular weight is 386 g/mol. The Morgan fingerprint density at radius 1 is 1.21 bits per heavy atom.